The van der Waals surface area contributed by atoms with Crippen LogP contribution in [-0.2, 0) is 16.1 Å². The highest BCUT2D eigenvalue weighted by Gasteiger charge is 2.12. The molecule has 1 aromatic rings. The fraction of sp³-hybridized carbons (Fsp3) is 0.231. The minimum absolute atomic E-state index is 0.133. The van der Waals surface area contributed by atoms with Gasteiger partial charge < -0.3 is 15.6 Å². The van der Waals surface area contributed by atoms with Crippen LogP contribution in [0, 0.1) is 0 Å². The van der Waals surface area contributed by atoms with Gasteiger partial charge in [-0.15, -0.1) is 0 Å². The first-order valence-corrected chi connectivity index (χ1v) is 5.49. The van der Waals surface area contributed by atoms with E-state index in [0.29, 0.717) is 12.1 Å². The third-order valence-corrected chi connectivity index (χ3v) is 2.20. The number of allylic oxidation sites excluding steroid dienone is 1. The largest absolute Gasteiger partial charge is 0.502 e. The highest BCUT2D eigenvalue weighted by atomic mass is 16.5. The molecule has 1 aromatic carbocycles. The number of esters is 1. The minimum Gasteiger partial charge on any atom is -0.502 e. The summed E-state index contributed by atoms with van der Waals surface area (Å²) < 4.78 is 4.56. The molecular weight excluding hydrogens is 234 g/mol. The van der Waals surface area contributed by atoms with E-state index in [1.165, 1.54) is 0 Å². The predicted octanol–water partition coefficient (Wildman–Crippen LogP) is 1.33. The predicted molar refractivity (Wildman–Crippen MR) is 66.0 cm³/mol. The topological polar surface area (TPSA) is 89.6 Å². The number of hydrogen-bond acceptors (Lipinski definition) is 5. The Kier molecular flexibility index (Phi) is 5.07. The smallest absolute Gasteiger partial charge is 0.373 e. The minimum atomic E-state index is -0.916. The molecule has 0 atom stereocenters. The summed E-state index contributed by atoms with van der Waals surface area (Å²) in [5, 5.41) is 9.35. The summed E-state index contributed by atoms with van der Waals surface area (Å²) >= 11 is 0. The van der Waals surface area contributed by atoms with E-state index < -0.39 is 17.5 Å². The molecule has 18 heavy (non-hydrogen) atoms. The third-order valence-electron chi connectivity index (χ3n) is 2.20. The van der Waals surface area contributed by atoms with Gasteiger partial charge in [0.25, 0.3) is 0 Å². The molecule has 5 heteroatoms. The molecule has 96 valence electrons. The van der Waals surface area contributed by atoms with Gasteiger partial charge in [0.15, 0.2) is 5.78 Å². The van der Waals surface area contributed by atoms with Gasteiger partial charge in [-0.2, -0.15) is 0 Å². The summed E-state index contributed by atoms with van der Waals surface area (Å²) in [5.74, 6) is -2.10. The van der Waals surface area contributed by atoms with Gasteiger partial charge in [-0.1, -0.05) is 18.2 Å². The number of hydrogen-bond donors (Lipinski definition) is 2. The van der Waals surface area contributed by atoms with Gasteiger partial charge in [0.1, 0.15) is 0 Å². The molecular formula is C13H15NO4. The Morgan fingerprint density at radius 2 is 2.17 bits per heavy atom. The standard InChI is InChI=1S/C13H15NO4/c1-2-18-13(17)12(16)7-11(15)10-5-3-4-9(6-10)8-14/h3-7,16H,2,8,14H2,1H3/b12-7-. The summed E-state index contributed by atoms with van der Waals surface area (Å²) in [7, 11) is 0. The molecule has 0 radical (unpaired) electrons. The summed E-state index contributed by atoms with van der Waals surface area (Å²) in [4.78, 5) is 22.9. The van der Waals surface area contributed by atoms with E-state index in [0.717, 1.165) is 11.6 Å². The Morgan fingerprint density at radius 1 is 1.44 bits per heavy atom. The lowest BCUT2D eigenvalue weighted by Gasteiger charge is -2.02. The van der Waals surface area contributed by atoms with Gasteiger partial charge in [0.05, 0.1) is 6.61 Å². The Morgan fingerprint density at radius 3 is 2.78 bits per heavy atom. The second-order valence-electron chi connectivity index (χ2n) is 3.52. The van der Waals surface area contributed by atoms with Crippen LogP contribution in [0.2, 0.25) is 0 Å². The molecule has 0 heterocycles. The first kappa shape index (κ1) is 13.9. The van der Waals surface area contributed by atoms with Crippen LogP contribution in [0.4, 0.5) is 0 Å². The van der Waals surface area contributed by atoms with Gasteiger partial charge in [-0.3, -0.25) is 4.79 Å². The molecule has 0 bridgehead atoms. The summed E-state index contributed by atoms with van der Waals surface area (Å²) in [6, 6.07) is 6.66. The van der Waals surface area contributed by atoms with Gasteiger partial charge in [-0.05, 0) is 18.6 Å². The second kappa shape index (κ2) is 6.56. The normalized spacial score (nSPS) is 11.1. The Bertz CT molecular complexity index is 480. The van der Waals surface area contributed by atoms with Crippen LogP contribution in [0.1, 0.15) is 22.8 Å². The number of rotatable bonds is 5. The van der Waals surface area contributed by atoms with Crippen LogP contribution in [-0.4, -0.2) is 23.5 Å². The average molecular weight is 249 g/mol. The molecule has 0 saturated carbocycles. The van der Waals surface area contributed by atoms with Crippen molar-refractivity contribution in [2.24, 2.45) is 5.73 Å². The summed E-state index contributed by atoms with van der Waals surface area (Å²) in [6.45, 7) is 2.06. The first-order chi connectivity index (χ1) is 8.58. The Hall–Kier alpha value is -2.14. The first-order valence-electron chi connectivity index (χ1n) is 5.49. The Balaban J connectivity index is 2.87. The zero-order chi connectivity index (χ0) is 13.5. The van der Waals surface area contributed by atoms with Crippen molar-refractivity contribution in [1.82, 2.24) is 0 Å². The lowest BCUT2D eigenvalue weighted by atomic mass is 10.1. The van der Waals surface area contributed by atoms with Crippen LogP contribution in [0.15, 0.2) is 36.1 Å². The van der Waals surface area contributed by atoms with E-state index in [1.54, 1.807) is 31.2 Å². The fourth-order valence-corrected chi connectivity index (χ4v) is 1.32. The van der Waals surface area contributed by atoms with Crippen molar-refractivity contribution in [3.63, 3.8) is 0 Å². The van der Waals surface area contributed by atoms with Crippen LogP contribution >= 0.6 is 0 Å². The van der Waals surface area contributed by atoms with Gasteiger partial charge in [-0.25, -0.2) is 4.79 Å². The summed E-state index contributed by atoms with van der Waals surface area (Å²) in [5.41, 5.74) is 6.61. The van der Waals surface area contributed by atoms with Crippen molar-refractivity contribution in [1.29, 1.82) is 0 Å². The molecule has 5 nitrogen and oxygen atoms in total. The van der Waals surface area contributed by atoms with Crippen LogP contribution in [0.3, 0.4) is 0 Å². The number of ether oxygens (including phenoxy) is 1. The fourth-order valence-electron chi connectivity index (χ4n) is 1.32. The maximum atomic E-state index is 11.7. The lowest BCUT2D eigenvalue weighted by molar-refractivity contribution is -0.141. The van der Waals surface area contributed by atoms with Crippen LogP contribution in [0.25, 0.3) is 0 Å². The number of ketones is 1. The van der Waals surface area contributed by atoms with Crippen LogP contribution in [0.5, 0.6) is 0 Å². The van der Waals surface area contributed by atoms with Crippen molar-refractivity contribution in [2.75, 3.05) is 6.61 Å². The number of carbonyl (C=O) groups is 2. The lowest BCUT2D eigenvalue weighted by Crippen LogP contribution is -2.09. The van der Waals surface area contributed by atoms with E-state index in [1.807, 2.05) is 0 Å². The van der Waals surface area contributed by atoms with Crippen molar-refractivity contribution in [2.45, 2.75) is 13.5 Å². The molecule has 3 N–H and O–H groups in total. The zero-order valence-corrected chi connectivity index (χ0v) is 10.1. The van der Waals surface area contributed by atoms with Gasteiger partial charge >= 0.3 is 5.97 Å². The maximum absolute atomic E-state index is 11.7. The van der Waals surface area contributed by atoms with E-state index >= 15 is 0 Å². The van der Waals surface area contributed by atoms with E-state index in [2.05, 4.69) is 4.74 Å². The third kappa shape index (κ3) is 3.71. The van der Waals surface area contributed by atoms with Gasteiger partial charge in [0, 0.05) is 18.2 Å². The molecule has 0 aliphatic rings. The number of benzene rings is 1. The van der Waals surface area contributed by atoms with E-state index in [-0.39, 0.29) is 6.61 Å². The highest BCUT2D eigenvalue weighted by Crippen LogP contribution is 2.07. The molecule has 0 aromatic heterocycles. The Labute approximate surface area is 105 Å². The molecule has 1 rings (SSSR count). The van der Waals surface area contributed by atoms with E-state index in [9.17, 15) is 14.7 Å². The number of nitrogens with two attached hydrogens (primary N) is 1. The number of aliphatic hydroxyl groups excluding tert-OH is 1. The average Bonchev–Trinajstić information content (AvgIpc) is 2.39. The molecule has 0 saturated heterocycles. The van der Waals surface area contributed by atoms with Crippen LogP contribution < -0.4 is 5.73 Å². The van der Waals surface area contributed by atoms with Gasteiger partial charge in [0.2, 0.25) is 5.76 Å². The summed E-state index contributed by atoms with van der Waals surface area (Å²) in [6.07, 6.45) is 0.841. The molecule has 0 aliphatic carbocycles. The SMILES string of the molecule is CCOC(=O)/C(O)=C/C(=O)c1cccc(CN)c1. The number of carbonyl (C=O) groups excluding carboxylic acids is 2. The number of aliphatic hydroxyl groups is 1. The highest BCUT2D eigenvalue weighted by molar-refractivity contribution is 6.08. The van der Waals surface area contributed by atoms with Crippen molar-refractivity contribution in [3.8, 4) is 0 Å². The molecule has 0 unspecified atom stereocenters. The maximum Gasteiger partial charge on any atom is 0.373 e. The quantitative estimate of drug-likeness (QED) is 0.355. The molecule has 0 spiro atoms. The van der Waals surface area contributed by atoms with Crippen molar-refractivity contribution in [3.05, 3.63) is 47.2 Å². The van der Waals surface area contributed by atoms with Crippen molar-refractivity contribution >= 4 is 11.8 Å². The molecule has 0 amide bonds. The zero-order valence-electron chi connectivity index (χ0n) is 10.1. The van der Waals surface area contributed by atoms with E-state index in [4.69, 9.17) is 5.73 Å². The second-order valence-corrected chi connectivity index (χ2v) is 3.52. The van der Waals surface area contributed by atoms with Crippen molar-refractivity contribution < 1.29 is 19.4 Å². The molecule has 0 fully saturated rings. The monoisotopic (exact) mass is 249 g/mol. The molecule has 0 aliphatic heterocycles.